The van der Waals surface area contributed by atoms with Gasteiger partial charge >= 0.3 is 0 Å². The summed E-state index contributed by atoms with van der Waals surface area (Å²) >= 11 is 0. The van der Waals surface area contributed by atoms with Crippen LogP contribution in [0.1, 0.15) is 74.1 Å². The summed E-state index contributed by atoms with van der Waals surface area (Å²) in [7, 11) is 0. The van der Waals surface area contributed by atoms with Gasteiger partial charge in [0.25, 0.3) is 5.91 Å². The summed E-state index contributed by atoms with van der Waals surface area (Å²) in [5, 5.41) is 3.33. The molecule has 0 bridgehead atoms. The lowest BCUT2D eigenvalue weighted by Crippen LogP contribution is -2.30. The molecule has 4 heteroatoms. The van der Waals surface area contributed by atoms with E-state index in [0.29, 0.717) is 18.2 Å². The SMILES string of the molecule is CCCC(NC(=O)c1c(-c2ccc(C(C)C)cc2)nc(-c2ccccc2)n1CC)c1ccccc1. The second-order valence-electron chi connectivity index (χ2n) is 9.25. The van der Waals surface area contributed by atoms with Crippen molar-refractivity contribution in [2.24, 2.45) is 0 Å². The first-order chi connectivity index (χ1) is 17.0. The van der Waals surface area contributed by atoms with Crippen molar-refractivity contribution >= 4 is 5.91 Å². The summed E-state index contributed by atoms with van der Waals surface area (Å²) in [6.07, 6.45) is 1.85. The molecule has 0 aliphatic carbocycles. The van der Waals surface area contributed by atoms with Gasteiger partial charge in [-0.15, -0.1) is 0 Å². The minimum absolute atomic E-state index is 0.0507. The predicted molar refractivity (Wildman–Crippen MR) is 144 cm³/mol. The molecule has 0 saturated carbocycles. The summed E-state index contributed by atoms with van der Waals surface area (Å²) in [4.78, 5) is 19.0. The van der Waals surface area contributed by atoms with E-state index in [1.807, 2.05) is 53.1 Å². The number of rotatable bonds is 9. The van der Waals surface area contributed by atoms with E-state index in [9.17, 15) is 4.79 Å². The smallest absolute Gasteiger partial charge is 0.270 e. The van der Waals surface area contributed by atoms with Crippen molar-refractivity contribution < 1.29 is 4.79 Å². The van der Waals surface area contributed by atoms with Crippen LogP contribution in [0.15, 0.2) is 84.9 Å². The molecular formula is C31H35N3O. The fourth-order valence-corrected chi connectivity index (χ4v) is 4.55. The normalized spacial score (nSPS) is 12.0. The molecule has 180 valence electrons. The maximum Gasteiger partial charge on any atom is 0.270 e. The van der Waals surface area contributed by atoms with Crippen molar-refractivity contribution in [3.63, 3.8) is 0 Å². The Labute approximate surface area is 209 Å². The molecule has 1 unspecified atom stereocenters. The second kappa shape index (κ2) is 11.2. The number of amides is 1. The van der Waals surface area contributed by atoms with Crippen LogP contribution >= 0.6 is 0 Å². The lowest BCUT2D eigenvalue weighted by atomic mass is 9.99. The Hall–Kier alpha value is -3.66. The van der Waals surface area contributed by atoms with Crippen molar-refractivity contribution in [3.05, 3.63) is 102 Å². The van der Waals surface area contributed by atoms with Gasteiger partial charge in [-0.3, -0.25) is 4.79 Å². The fraction of sp³-hybridized carbons (Fsp3) is 0.290. The summed E-state index contributed by atoms with van der Waals surface area (Å²) in [5.74, 6) is 1.17. The van der Waals surface area contributed by atoms with E-state index in [1.54, 1.807) is 0 Å². The van der Waals surface area contributed by atoms with Gasteiger partial charge in [0.1, 0.15) is 17.2 Å². The quantitative estimate of drug-likeness (QED) is 0.276. The highest BCUT2D eigenvalue weighted by atomic mass is 16.2. The predicted octanol–water partition coefficient (Wildman–Crippen LogP) is 7.63. The summed E-state index contributed by atoms with van der Waals surface area (Å²) in [6.45, 7) is 9.23. The van der Waals surface area contributed by atoms with E-state index in [1.165, 1.54) is 5.56 Å². The summed E-state index contributed by atoms with van der Waals surface area (Å²) < 4.78 is 2.05. The number of nitrogens with zero attached hydrogens (tertiary/aromatic N) is 2. The zero-order chi connectivity index (χ0) is 24.8. The van der Waals surface area contributed by atoms with Crippen LogP contribution < -0.4 is 5.32 Å². The fourth-order valence-electron chi connectivity index (χ4n) is 4.55. The van der Waals surface area contributed by atoms with Crippen LogP contribution in [0.4, 0.5) is 0 Å². The van der Waals surface area contributed by atoms with Gasteiger partial charge in [0, 0.05) is 17.7 Å². The molecule has 1 atom stereocenters. The van der Waals surface area contributed by atoms with Crippen molar-refractivity contribution in [1.82, 2.24) is 14.9 Å². The molecule has 4 aromatic rings. The van der Waals surface area contributed by atoms with Gasteiger partial charge in [0.05, 0.1) is 6.04 Å². The highest BCUT2D eigenvalue weighted by Gasteiger charge is 2.26. The highest BCUT2D eigenvalue weighted by molar-refractivity contribution is 5.99. The van der Waals surface area contributed by atoms with Gasteiger partial charge < -0.3 is 9.88 Å². The average Bonchev–Trinajstić information content (AvgIpc) is 3.29. The third-order valence-corrected chi connectivity index (χ3v) is 6.47. The number of aromatic nitrogens is 2. The van der Waals surface area contributed by atoms with E-state index in [2.05, 4.69) is 69.4 Å². The number of imidazole rings is 1. The number of hydrogen-bond donors (Lipinski definition) is 1. The zero-order valence-electron chi connectivity index (χ0n) is 21.2. The Balaban J connectivity index is 1.81. The monoisotopic (exact) mass is 465 g/mol. The number of carbonyl (C=O) groups is 1. The van der Waals surface area contributed by atoms with E-state index >= 15 is 0 Å². The molecule has 4 rings (SSSR count). The van der Waals surface area contributed by atoms with Crippen LogP contribution in [0.3, 0.4) is 0 Å². The summed E-state index contributed by atoms with van der Waals surface area (Å²) in [5.41, 5.74) is 5.68. The topological polar surface area (TPSA) is 46.9 Å². The first-order valence-corrected chi connectivity index (χ1v) is 12.7. The Morgan fingerprint density at radius 2 is 1.46 bits per heavy atom. The average molecular weight is 466 g/mol. The van der Waals surface area contributed by atoms with Crippen LogP contribution in [-0.2, 0) is 6.54 Å². The van der Waals surface area contributed by atoms with Crippen molar-refractivity contribution in [3.8, 4) is 22.6 Å². The first-order valence-electron chi connectivity index (χ1n) is 12.7. The molecule has 0 fully saturated rings. The highest BCUT2D eigenvalue weighted by Crippen LogP contribution is 2.31. The molecule has 0 saturated heterocycles. The molecule has 35 heavy (non-hydrogen) atoms. The molecular weight excluding hydrogens is 430 g/mol. The molecule has 0 aliphatic rings. The second-order valence-corrected chi connectivity index (χ2v) is 9.25. The number of carbonyl (C=O) groups excluding carboxylic acids is 1. The number of nitrogens with one attached hydrogen (secondary N) is 1. The van der Waals surface area contributed by atoms with Gasteiger partial charge in [-0.2, -0.15) is 0 Å². The van der Waals surface area contributed by atoms with Crippen LogP contribution in [0.25, 0.3) is 22.6 Å². The lowest BCUT2D eigenvalue weighted by molar-refractivity contribution is 0.0926. The molecule has 0 spiro atoms. The van der Waals surface area contributed by atoms with Gasteiger partial charge in [-0.05, 0) is 30.4 Å². The number of hydrogen-bond acceptors (Lipinski definition) is 2. The van der Waals surface area contributed by atoms with E-state index in [-0.39, 0.29) is 11.9 Å². The van der Waals surface area contributed by atoms with E-state index in [0.717, 1.165) is 41.1 Å². The van der Waals surface area contributed by atoms with E-state index < -0.39 is 0 Å². The van der Waals surface area contributed by atoms with Crippen molar-refractivity contribution in [1.29, 1.82) is 0 Å². The molecule has 0 radical (unpaired) electrons. The Morgan fingerprint density at radius 3 is 2.03 bits per heavy atom. The van der Waals surface area contributed by atoms with E-state index in [4.69, 9.17) is 4.98 Å². The molecule has 3 aromatic carbocycles. The molecule has 1 amide bonds. The van der Waals surface area contributed by atoms with Gasteiger partial charge in [-0.1, -0.05) is 112 Å². The molecule has 1 heterocycles. The van der Waals surface area contributed by atoms with Crippen LogP contribution in [0.2, 0.25) is 0 Å². The summed E-state index contributed by atoms with van der Waals surface area (Å²) in [6, 6.07) is 28.7. The maximum absolute atomic E-state index is 13.9. The van der Waals surface area contributed by atoms with Crippen LogP contribution in [0, 0.1) is 0 Å². The maximum atomic E-state index is 13.9. The van der Waals surface area contributed by atoms with Gasteiger partial charge in [0.2, 0.25) is 0 Å². The Bertz CT molecular complexity index is 1240. The lowest BCUT2D eigenvalue weighted by Gasteiger charge is -2.20. The minimum Gasteiger partial charge on any atom is -0.344 e. The van der Waals surface area contributed by atoms with Gasteiger partial charge in [-0.25, -0.2) is 4.98 Å². The molecule has 1 aromatic heterocycles. The first kappa shape index (κ1) is 24.5. The van der Waals surface area contributed by atoms with Gasteiger partial charge in [0.15, 0.2) is 0 Å². The van der Waals surface area contributed by atoms with Crippen molar-refractivity contribution in [2.45, 2.75) is 59.0 Å². The minimum atomic E-state index is -0.0910. The standard InChI is InChI=1S/C31H35N3O/c1-5-13-27(24-14-9-7-10-15-24)32-31(35)29-28(25-20-18-23(19-21-25)22(3)4)33-30(34(29)6-2)26-16-11-8-12-17-26/h7-12,14-22,27H,5-6,13H2,1-4H3,(H,32,35). The molecule has 0 aliphatic heterocycles. The Kier molecular flexibility index (Phi) is 7.81. The number of benzene rings is 3. The Morgan fingerprint density at radius 1 is 0.829 bits per heavy atom. The van der Waals surface area contributed by atoms with Crippen LogP contribution in [0.5, 0.6) is 0 Å². The van der Waals surface area contributed by atoms with Crippen LogP contribution in [-0.4, -0.2) is 15.5 Å². The van der Waals surface area contributed by atoms with Crippen molar-refractivity contribution in [2.75, 3.05) is 0 Å². The molecule has 4 nitrogen and oxygen atoms in total. The third-order valence-electron chi connectivity index (χ3n) is 6.47. The molecule has 1 N–H and O–H groups in total. The largest absolute Gasteiger partial charge is 0.344 e. The zero-order valence-corrected chi connectivity index (χ0v) is 21.2. The third kappa shape index (κ3) is 5.37.